The Balaban J connectivity index is 2.36. The Morgan fingerprint density at radius 1 is 1.18 bits per heavy atom. The molecule has 0 radical (unpaired) electrons. The Labute approximate surface area is 101 Å². The van der Waals surface area contributed by atoms with Gasteiger partial charge < -0.3 is 4.74 Å². The molecule has 0 unspecified atom stereocenters. The lowest BCUT2D eigenvalue weighted by Crippen LogP contribution is -2.09. The summed E-state index contributed by atoms with van der Waals surface area (Å²) in [4.78, 5) is 11.7. The first-order valence-electron chi connectivity index (χ1n) is 5.60. The van der Waals surface area contributed by atoms with Gasteiger partial charge in [-0.05, 0) is 17.9 Å². The first-order valence-corrected chi connectivity index (χ1v) is 5.60. The molecule has 0 fully saturated rings. The van der Waals surface area contributed by atoms with Crippen molar-refractivity contribution in [2.45, 2.75) is 13.3 Å². The van der Waals surface area contributed by atoms with Gasteiger partial charge in [-0.2, -0.15) is 0 Å². The van der Waals surface area contributed by atoms with Crippen molar-refractivity contribution >= 4 is 16.7 Å². The fourth-order valence-corrected chi connectivity index (χ4v) is 1.60. The van der Waals surface area contributed by atoms with Crippen molar-refractivity contribution in [2.24, 2.45) is 0 Å². The standard InChI is InChI=1S/C15H14O2/c1-3-11(2)15(16)17-14-10-6-8-12-7-4-5-9-13(12)14/h4-10H,2-3H2,1H3. The SMILES string of the molecule is C=C(CC)C(=O)Oc1cccc2ccccc12. The number of rotatable bonds is 3. The fourth-order valence-electron chi connectivity index (χ4n) is 1.60. The third kappa shape index (κ3) is 2.36. The lowest BCUT2D eigenvalue weighted by atomic mass is 10.1. The van der Waals surface area contributed by atoms with Gasteiger partial charge in [-0.25, -0.2) is 4.79 Å². The van der Waals surface area contributed by atoms with Crippen LogP contribution in [0.5, 0.6) is 5.75 Å². The average Bonchev–Trinajstić information content (AvgIpc) is 2.38. The van der Waals surface area contributed by atoms with Gasteiger partial charge in [0.15, 0.2) is 0 Å². The first-order chi connectivity index (χ1) is 8.22. The molecular weight excluding hydrogens is 212 g/mol. The molecule has 0 spiro atoms. The Morgan fingerprint density at radius 3 is 2.65 bits per heavy atom. The van der Waals surface area contributed by atoms with Gasteiger partial charge in [0.05, 0.1) is 0 Å². The van der Waals surface area contributed by atoms with Crippen LogP contribution in [0.25, 0.3) is 10.8 Å². The van der Waals surface area contributed by atoms with E-state index in [1.54, 1.807) is 6.07 Å². The van der Waals surface area contributed by atoms with Crippen LogP contribution in [0.1, 0.15) is 13.3 Å². The molecular formula is C15H14O2. The lowest BCUT2D eigenvalue weighted by Gasteiger charge is -2.08. The molecule has 2 aromatic carbocycles. The maximum absolute atomic E-state index is 11.7. The second-order valence-corrected chi connectivity index (χ2v) is 3.82. The highest BCUT2D eigenvalue weighted by Crippen LogP contribution is 2.25. The minimum absolute atomic E-state index is 0.358. The molecule has 2 nitrogen and oxygen atoms in total. The van der Waals surface area contributed by atoms with Gasteiger partial charge in [0.25, 0.3) is 0 Å². The van der Waals surface area contributed by atoms with E-state index < -0.39 is 0 Å². The van der Waals surface area contributed by atoms with E-state index >= 15 is 0 Å². The van der Waals surface area contributed by atoms with Gasteiger partial charge in [0.1, 0.15) is 5.75 Å². The minimum atomic E-state index is -0.358. The van der Waals surface area contributed by atoms with Crippen LogP contribution in [-0.4, -0.2) is 5.97 Å². The van der Waals surface area contributed by atoms with Crippen LogP contribution in [0.15, 0.2) is 54.6 Å². The highest BCUT2D eigenvalue weighted by atomic mass is 16.5. The first kappa shape index (κ1) is 11.4. The summed E-state index contributed by atoms with van der Waals surface area (Å²) < 4.78 is 5.34. The lowest BCUT2D eigenvalue weighted by molar-refractivity contribution is -0.130. The van der Waals surface area contributed by atoms with Crippen LogP contribution < -0.4 is 4.74 Å². The predicted octanol–water partition coefficient (Wildman–Crippen LogP) is 3.71. The number of hydrogen-bond acceptors (Lipinski definition) is 2. The van der Waals surface area contributed by atoms with Crippen molar-refractivity contribution in [1.82, 2.24) is 0 Å². The average molecular weight is 226 g/mol. The highest BCUT2D eigenvalue weighted by Gasteiger charge is 2.09. The topological polar surface area (TPSA) is 26.3 Å². The van der Waals surface area contributed by atoms with Gasteiger partial charge in [0, 0.05) is 11.0 Å². The summed E-state index contributed by atoms with van der Waals surface area (Å²) >= 11 is 0. The molecule has 0 aromatic heterocycles. The fraction of sp³-hybridized carbons (Fsp3) is 0.133. The number of fused-ring (bicyclic) bond motifs is 1. The third-order valence-electron chi connectivity index (χ3n) is 2.67. The molecule has 0 heterocycles. The molecule has 0 bridgehead atoms. The minimum Gasteiger partial charge on any atom is -0.423 e. The molecule has 2 aromatic rings. The van der Waals surface area contributed by atoms with Crippen molar-refractivity contribution in [3.8, 4) is 5.75 Å². The number of benzene rings is 2. The summed E-state index contributed by atoms with van der Waals surface area (Å²) in [6.45, 7) is 5.56. The molecule has 0 aliphatic heterocycles. The second kappa shape index (κ2) is 4.83. The largest absolute Gasteiger partial charge is 0.423 e. The van der Waals surface area contributed by atoms with E-state index in [-0.39, 0.29) is 5.97 Å². The van der Waals surface area contributed by atoms with Crippen molar-refractivity contribution in [1.29, 1.82) is 0 Å². The number of ether oxygens (including phenoxy) is 1. The zero-order chi connectivity index (χ0) is 12.3. The molecule has 2 rings (SSSR count). The third-order valence-corrected chi connectivity index (χ3v) is 2.67. The van der Waals surface area contributed by atoms with E-state index in [4.69, 9.17) is 4.74 Å². The van der Waals surface area contributed by atoms with E-state index in [1.807, 2.05) is 43.3 Å². The van der Waals surface area contributed by atoms with Crippen LogP contribution in [-0.2, 0) is 4.79 Å². The Kier molecular flexibility index (Phi) is 3.24. The second-order valence-electron chi connectivity index (χ2n) is 3.82. The molecule has 17 heavy (non-hydrogen) atoms. The summed E-state index contributed by atoms with van der Waals surface area (Å²) in [7, 11) is 0. The summed E-state index contributed by atoms with van der Waals surface area (Å²) in [6, 6.07) is 13.5. The van der Waals surface area contributed by atoms with Crippen molar-refractivity contribution in [3.63, 3.8) is 0 Å². The quantitative estimate of drug-likeness (QED) is 0.453. The molecule has 0 saturated heterocycles. The molecule has 0 aliphatic carbocycles. The number of carbonyl (C=O) groups excluding carboxylic acids is 1. The molecule has 0 atom stereocenters. The van der Waals surface area contributed by atoms with Gasteiger partial charge >= 0.3 is 5.97 Å². The normalized spacial score (nSPS) is 10.2. The van der Waals surface area contributed by atoms with Crippen molar-refractivity contribution in [3.05, 3.63) is 54.6 Å². The maximum Gasteiger partial charge on any atom is 0.338 e. The van der Waals surface area contributed by atoms with Crippen LogP contribution in [0.2, 0.25) is 0 Å². The van der Waals surface area contributed by atoms with Crippen LogP contribution in [0.3, 0.4) is 0 Å². The van der Waals surface area contributed by atoms with E-state index in [2.05, 4.69) is 6.58 Å². The predicted molar refractivity (Wildman–Crippen MR) is 69.0 cm³/mol. The molecule has 2 heteroatoms. The van der Waals surface area contributed by atoms with E-state index in [0.29, 0.717) is 17.7 Å². The molecule has 0 amide bonds. The van der Waals surface area contributed by atoms with Crippen LogP contribution in [0.4, 0.5) is 0 Å². The van der Waals surface area contributed by atoms with Gasteiger partial charge in [-0.1, -0.05) is 49.9 Å². The van der Waals surface area contributed by atoms with Gasteiger partial charge in [-0.3, -0.25) is 0 Å². The molecule has 0 aliphatic rings. The van der Waals surface area contributed by atoms with Gasteiger partial charge in [-0.15, -0.1) is 0 Å². The summed E-state index contributed by atoms with van der Waals surface area (Å²) in [5.41, 5.74) is 0.484. The Bertz CT molecular complexity index is 565. The Morgan fingerprint density at radius 2 is 1.88 bits per heavy atom. The van der Waals surface area contributed by atoms with Crippen molar-refractivity contribution < 1.29 is 9.53 Å². The van der Waals surface area contributed by atoms with Crippen LogP contribution in [0, 0.1) is 0 Å². The van der Waals surface area contributed by atoms with E-state index in [9.17, 15) is 4.79 Å². The smallest absolute Gasteiger partial charge is 0.338 e. The molecule has 86 valence electrons. The summed E-state index contributed by atoms with van der Waals surface area (Å²) in [5, 5.41) is 1.99. The Hall–Kier alpha value is -2.09. The van der Waals surface area contributed by atoms with Crippen molar-refractivity contribution in [2.75, 3.05) is 0 Å². The number of carbonyl (C=O) groups is 1. The van der Waals surface area contributed by atoms with E-state index in [1.165, 1.54) is 0 Å². The maximum atomic E-state index is 11.7. The highest BCUT2D eigenvalue weighted by molar-refractivity contribution is 5.94. The summed E-state index contributed by atoms with van der Waals surface area (Å²) in [6.07, 6.45) is 0.601. The summed E-state index contributed by atoms with van der Waals surface area (Å²) in [5.74, 6) is 0.228. The monoisotopic (exact) mass is 226 g/mol. The van der Waals surface area contributed by atoms with E-state index in [0.717, 1.165) is 10.8 Å². The zero-order valence-corrected chi connectivity index (χ0v) is 9.77. The number of hydrogen-bond donors (Lipinski definition) is 0. The number of esters is 1. The zero-order valence-electron chi connectivity index (χ0n) is 9.77. The molecule has 0 saturated carbocycles. The van der Waals surface area contributed by atoms with Gasteiger partial charge in [0.2, 0.25) is 0 Å². The molecule has 0 N–H and O–H groups in total. The van der Waals surface area contributed by atoms with Crippen LogP contribution >= 0.6 is 0 Å².